The standard InChI is InChI=1S/C5H9N2O2S/c1-5(2,3)4-6-9-10(8)7-4/h1-3H3/q-1. The van der Waals surface area contributed by atoms with E-state index in [1.54, 1.807) is 0 Å². The van der Waals surface area contributed by atoms with Gasteiger partial charge in [-0.25, -0.2) is 0 Å². The maximum Gasteiger partial charge on any atom is 0.150 e. The molecule has 1 aliphatic rings. The quantitative estimate of drug-likeness (QED) is 0.505. The Bertz CT molecular complexity index is 245. The molecular weight excluding hydrogens is 152 g/mol. The van der Waals surface area contributed by atoms with E-state index in [0.717, 1.165) is 0 Å². The molecule has 0 spiro atoms. The third-order valence-electron chi connectivity index (χ3n) is 1.02. The zero-order valence-electron chi connectivity index (χ0n) is 6.12. The number of rotatable bonds is 0. The van der Waals surface area contributed by atoms with Crippen molar-refractivity contribution in [2.75, 3.05) is 0 Å². The second-order valence-electron chi connectivity index (χ2n) is 3.05. The van der Waals surface area contributed by atoms with Gasteiger partial charge in [-0.15, -0.1) is 0 Å². The zero-order chi connectivity index (χ0) is 7.78. The first-order valence-corrected chi connectivity index (χ1v) is 3.93. The Morgan fingerprint density at radius 1 is 1.50 bits per heavy atom. The van der Waals surface area contributed by atoms with E-state index in [9.17, 15) is 4.21 Å². The van der Waals surface area contributed by atoms with Crippen molar-refractivity contribution in [3.05, 3.63) is 0 Å². The van der Waals surface area contributed by atoms with E-state index in [-0.39, 0.29) is 5.41 Å². The second kappa shape index (κ2) is 2.23. The summed E-state index contributed by atoms with van der Waals surface area (Å²) >= 11 is 0. The van der Waals surface area contributed by atoms with Gasteiger partial charge in [-0.2, -0.15) is 0 Å². The third-order valence-corrected chi connectivity index (χ3v) is 1.54. The maximum atomic E-state index is 10.5. The van der Waals surface area contributed by atoms with E-state index in [2.05, 4.69) is 13.8 Å². The van der Waals surface area contributed by atoms with Crippen LogP contribution >= 0.6 is 0 Å². The van der Waals surface area contributed by atoms with Crippen molar-refractivity contribution in [3.63, 3.8) is 0 Å². The summed E-state index contributed by atoms with van der Waals surface area (Å²) in [5.41, 5.74) is -0.174. The van der Waals surface area contributed by atoms with E-state index < -0.39 is 10.9 Å². The lowest BCUT2D eigenvalue weighted by Crippen LogP contribution is -2.16. The molecule has 0 aromatic heterocycles. The summed E-state index contributed by atoms with van der Waals surface area (Å²) < 4.78 is 18.6. The number of nitrogens with zero attached hydrogens (tertiary/aromatic N) is 2. The summed E-state index contributed by atoms with van der Waals surface area (Å²) in [6.45, 7) is 5.80. The van der Waals surface area contributed by atoms with Gasteiger partial charge in [-0.1, -0.05) is 25.9 Å². The van der Waals surface area contributed by atoms with Gasteiger partial charge in [0.25, 0.3) is 0 Å². The molecule has 1 rings (SSSR count). The summed E-state index contributed by atoms with van der Waals surface area (Å²) in [5, 5.41) is 3.54. The fourth-order valence-electron chi connectivity index (χ4n) is 0.445. The first kappa shape index (κ1) is 7.53. The Morgan fingerprint density at radius 2 is 2.10 bits per heavy atom. The molecule has 0 N–H and O–H groups in total. The molecule has 5 heteroatoms. The number of hydrogen-bond acceptors (Lipinski definition) is 5. The first-order valence-electron chi connectivity index (χ1n) is 2.90. The summed E-state index contributed by atoms with van der Waals surface area (Å²) in [5.74, 6) is 0.505. The van der Waals surface area contributed by atoms with E-state index in [1.807, 2.05) is 20.8 Å². The summed E-state index contributed by atoms with van der Waals surface area (Å²) in [7, 11) is -1.58. The molecule has 1 aliphatic heterocycles. The van der Waals surface area contributed by atoms with Gasteiger partial charge in [0.05, 0.1) is 0 Å². The fourth-order valence-corrected chi connectivity index (χ4v) is 1.06. The highest BCUT2D eigenvalue weighted by Crippen LogP contribution is 2.19. The molecule has 1 heterocycles. The molecule has 58 valence electrons. The van der Waals surface area contributed by atoms with Crippen LogP contribution in [0.5, 0.6) is 0 Å². The van der Waals surface area contributed by atoms with Crippen molar-refractivity contribution in [1.29, 1.82) is 0 Å². The minimum Gasteiger partial charge on any atom is -0.445 e. The lowest BCUT2D eigenvalue weighted by molar-refractivity contribution is 0.373. The number of amidine groups is 1. The fraction of sp³-hybridized carbons (Fsp3) is 0.800. The van der Waals surface area contributed by atoms with Crippen LogP contribution in [0.2, 0.25) is 0 Å². The maximum absolute atomic E-state index is 10.5. The molecule has 0 amide bonds. The normalized spacial score (nSPS) is 19.7. The average molecular weight is 161 g/mol. The zero-order valence-corrected chi connectivity index (χ0v) is 6.94. The van der Waals surface area contributed by atoms with Crippen molar-refractivity contribution in [2.24, 2.45) is 14.9 Å². The van der Waals surface area contributed by atoms with Crippen LogP contribution in [0.3, 0.4) is 0 Å². The summed E-state index contributed by atoms with van der Waals surface area (Å²) in [6, 6.07) is 0. The molecule has 10 heavy (non-hydrogen) atoms. The highest BCUT2D eigenvalue weighted by atomic mass is 32.2. The Balaban J connectivity index is 2.87. The highest BCUT2D eigenvalue weighted by Gasteiger charge is 2.19. The Morgan fingerprint density at radius 3 is 2.30 bits per heavy atom. The van der Waals surface area contributed by atoms with E-state index in [1.165, 1.54) is 0 Å². The van der Waals surface area contributed by atoms with Gasteiger partial charge in [0.2, 0.25) is 0 Å². The van der Waals surface area contributed by atoms with Crippen LogP contribution in [-0.2, 0) is 19.4 Å². The van der Waals surface area contributed by atoms with Gasteiger partial charge in [0.15, 0.2) is 5.84 Å². The van der Waals surface area contributed by atoms with E-state index >= 15 is 0 Å². The van der Waals surface area contributed by atoms with Crippen LogP contribution in [0.25, 0.3) is 0 Å². The van der Waals surface area contributed by atoms with E-state index in [4.69, 9.17) is 0 Å². The SMILES string of the molecule is CC(C)(C)C1=NO[S-](=O)=N1. The Kier molecular flexibility index (Phi) is 1.68. The summed E-state index contributed by atoms with van der Waals surface area (Å²) in [6.07, 6.45) is 0. The van der Waals surface area contributed by atoms with Gasteiger partial charge >= 0.3 is 0 Å². The van der Waals surface area contributed by atoms with Gasteiger partial charge in [0, 0.05) is 16.3 Å². The second-order valence-corrected chi connectivity index (χ2v) is 3.81. The molecule has 0 aromatic carbocycles. The Hall–Kier alpha value is -0.580. The van der Waals surface area contributed by atoms with E-state index in [0.29, 0.717) is 5.84 Å². The van der Waals surface area contributed by atoms with Crippen LogP contribution in [0.15, 0.2) is 9.52 Å². The molecule has 0 fully saturated rings. The summed E-state index contributed by atoms with van der Waals surface area (Å²) in [4.78, 5) is 0. The van der Waals surface area contributed by atoms with Crippen molar-refractivity contribution >= 4 is 16.7 Å². The number of oxime groups is 1. The van der Waals surface area contributed by atoms with Gasteiger partial charge in [0.1, 0.15) is 0 Å². The molecule has 4 nitrogen and oxygen atoms in total. The molecular formula is C5H9N2O2S-. The van der Waals surface area contributed by atoms with Crippen LogP contribution < -0.4 is 0 Å². The van der Waals surface area contributed by atoms with Crippen LogP contribution in [-0.4, -0.2) is 5.84 Å². The van der Waals surface area contributed by atoms with Crippen molar-refractivity contribution in [2.45, 2.75) is 20.8 Å². The predicted molar refractivity (Wildman–Crippen MR) is 38.5 cm³/mol. The average Bonchev–Trinajstić information content (AvgIpc) is 2.11. The van der Waals surface area contributed by atoms with Crippen LogP contribution in [0, 0.1) is 5.41 Å². The van der Waals surface area contributed by atoms with Crippen molar-refractivity contribution < 1.29 is 8.49 Å². The van der Waals surface area contributed by atoms with Crippen LogP contribution in [0.1, 0.15) is 20.8 Å². The van der Waals surface area contributed by atoms with Gasteiger partial charge in [-0.3, -0.25) is 0 Å². The van der Waals surface area contributed by atoms with Gasteiger partial charge < -0.3 is 12.9 Å². The predicted octanol–water partition coefficient (Wildman–Crippen LogP) is 1.44. The van der Waals surface area contributed by atoms with Gasteiger partial charge in [-0.05, 0) is 0 Å². The lowest BCUT2D eigenvalue weighted by atomic mass is 9.96. The smallest absolute Gasteiger partial charge is 0.150 e. The lowest BCUT2D eigenvalue weighted by Gasteiger charge is -2.14. The molecule has 0 unspecified atom stereocenters. The number of hydrogen-bond donors (Lipinski definition) is 0. The molecule has 0 aromatic rings. The molecule has 0 atom stereocenters. The monoisotopic (exact) mass is 161 g/mol. The molecule has 0 bridgehead atoms. The molecule has 0 aliphatic carbocycles. The van der Waals surface area contributed by atoms with Crippen molar-refractivity contribution in [3.8, 4) is 0 Å². The third kappa shape index (κ3) is 1.47. The van der Waals surface area contributed by atoms with Crippen LogP contribution in [0.4, 0.5) is 0 Å². The molecule has 0 saturated carbocycles. The first-order chi connectivity index (χ1) is 4.50. The van der Waals surface area contributed by atoms with Crippen molar-refractivity contribution in [1.82, 2.24) is 0 Å². The molecule has 0 radical (unpaired) electrons. The Labute approximate surface area is 61.7 Å². The topological polar surface area (TPSA) is 51.0 Å². The minimum atomic E-state index is -1.58. The highest BCUT2D eigenvalue weighted by molar-refractivity contribution is 7.70. The largest absolute Gasteiger partial charge is 0.445 e. The minimum absolute atomic E-state index is 0.174. The molecule has 0 saturated heterocycles.